The summed E-state index contributed by atoms with van der Waals surface area (Å²) in [5, 5.41) is 3.05. The van der Waals surface area contributed by atoms with Crippen molar-refractivity contribution in [1.82, 2.24) is 9.88 Å². The molecule has 0 aliphatic rings. The van der Waals surface area contributed by atoms with E-state index in [2.05, 4.69) is 5.32 Å². The van der Waals surface area contributed by atoms with Crippen molar-refractivity contribution in [3.8, 4) is 0 Å². The number of methoxy groups -OCH3 is 1. The first-order valence-corrected chi connectivity index (χ1v) is 5.88. The summed E-state index contributed by atoms with van der Waals surface area (Å²) in [5.74, 6) is 0. The number of aromatic nitrogens is 1. The lowest BCUT2D eigenvalue weighted by Crippen LogP contribution is -2.39. The van der Waals surface area contributed by atoms with E-state index < -0.39 is 17.3 Å². The Labute approximate surface area is 109 Å². The summed E-state index contributed by atoms with van der Waals surface area (Å²) in [5.41, 5.74) is -1.30. The molecule has 0 aliphatic carbocycles. The Kier molecular flexibility index (Phi) is 5.56. The molecular weight excluding hydrogens is 261 g/mol. The van der Waals surface area contributed by atoms with E-state index in [4.69, 9.17) is 4.74 Å². The number of rotatable bonds is 6. The number of likely N-dealkylation sites (N-methyl/N-ethyl adjacent to an activating group) is 1. The average molecular weight is 278 g/mol. The van der Waals surface area contributed by atoms with Gasteiger partial charge in [0.05, 0.1) is 12.2 Å². The molecule has 0 saturated heterocycles. The molecule has 1 rings (SSSR count). The van der Waals surface area contributed by atoms with Crippen LogP contribution in [0.3, 0.4) is 0 Å². The first-order chi connectivity index (χ1) is 8.88. The highest BCUT2D eigenvalue weighted by Crippen LogP contribution is 2.27. The van der Waals surface area contributed by atoms with Gasteiger partial charge in [-0.05, 0) is 12.6 Å². The van der Waals surface area contributed by atoms with E-state index in [1.54, 1.807) is 0 Å². The van der Waals surface area contributed by atoms with Crippen LogP contribution in [-0.4, -0.2) is 30.9 Å². The zero-order valence-corrected chi connectivity index (χ0v) is 10.8. The Balaban J connectivity index is 2.95. The molecule has 0 fully saturated rings. The van der Waals surface area contributed by atoms with Gasteiger partial charge in [0.2, 0.25) is 0 Å². The van der Waals surface area contributed by atoms with Gasteiger partial charge in [0, 0.05) is 32.0 Å². The number of alkyl halides is 3. The normalized spacial score (nSPS) is 13.5. The van der Waals surface area contributed by atoms with Gasteiger partial charge in [-0.25, -0.2) is 0 Å². The van der Waals surface area contributed by atoms with Gasteiger partial charge in [0.25, 0.3) is 5.56 Å². The van der Waals surface area contributed by atoms with Crippen molar-refractivity contribution in [2.45, 2.75) is 25.7 Å². The van der Waals surface area contributed by atoms with Crippen LogP contribution in [0.4, 0.5) is 13.2 Å². The van der Waals surface area contributed by atoms with Crippen molar-refractivity contribution < 1.29 is 17.9 Å². The SMILES string of the molecule is CCNC(COC)Cn1cc(C(F)(F)F)ccc1=O. The molecule has 108 valence electrons. The first-order valence-electron chi connectivity index (χ1n) is 5.88. The number of hydrogen-bond acceptors (Lipinski definition) is 3. The Hall–Kier alpha value is -1.34. The Bertz CT molecular complexity index is 451. The Morgan fingerprint density at radius 1 is 1.42 bits per heavy atom. The van der Waals surface area contributed by atoms with Crippen molar-refractivity contribution in [3.63, 3.8) is 0 Å². The predicted octanol–water partition coefficient (Wildman–Crippen LogP) is 1.49. The average Bonchev–Trinajstić information content (AvgIpc) is 2.31. The maximum Gasteiger partial charge on any atom is 0.417 e. The molecule has 0 spiro atoms. The van der Waals surface area contributed by atoms with Gasteiger partial charge >= 0.3 is 6.18 Å². The lowest BCUT2D eigenvalue weighted by molar-refractivity contribution is -0.138. The molecule has 0 aliphatic heterocycles. The lowest BCUT2D eigenvalue weighted by atomic mass is 10.2. The first kappa shape index (κ1) is 15.7. The van der Waals surface area contributed by atoms with Crippen molar-refractivity contribution >= 4 is 0 Å². The molecule has 0 saturated carbocycles. The van der Waals surface area contributed by atoms with E-state index >= 15 is 0 Å². The summed E-state index contributed by atoms with van der Waals surface area (Å²) < 4.78 is 43.7. The summed E-state index contributed by atoms with van der Waals surface area (Å²) in [6.07, 6.45) is -3.62. The van der Waals surface area contributed by atoms with E-state index in [1.807, 2.05) is 6.92 Å². The molecule has 0 bridgehead atoms. The second-order valence-corrected chi connectivity index (χ2v) is 4.12. The smallest absolute Gasteiger partial charge is 0.383 e. The number of nitrogens with one attached hydrogen (secondary N) is 1. The predicted molar refractivity (Wildman–Crippen MR) is 65.0 cm³/mol. The fourth-order valence-electron chi connectivity index (χ4n) is 1.75. The number of ether oxygens (including phenoxy) is 1. The maximum absolute atomic E-state index is 12.6. The molecule has 1 atom stereocenters. The van der Waals surface area contributed by atoms with Crippen LogP contribution < -0.4 is 10.9 Å². The van der Waals surface area contributed by atoms with E-state index in [9.17, 15) is 18.0 Å². The monoisotopic (exact) mass is 278 g/mol. The van der Waals surface area contributed by atoms with Crippen LogP contribution >= 0.6 is 0 Å². The standard InChI is InChI=1S/C12H17F3N2O2/c1-3-16-10(8-19-2)7-17-6-9(12(13,14)15)4-5-11(17)18/h4-6,10,16H,3,7-8H2,1-2H3. The zero-order valence-electron chi connectivity index (χ0n) is 10.8. The topological polar surface area (TPSA) is 43.3 Å². The number of halogens is 3. The largest absolute Gasteiger partial charge is 0.417 e. The van der Waals surface area contributed by atoms with Crippen LogP contribution in [0.25, 0.3) is 0 Å². The highest BCUT2D eigenvalue weighted by Gasteiger charge is 2.31. The highest BCUT2D eigenvalue weighted by atomic mass is 19.4. The van der Waals surface area contributed by atoms with Crippen LogP contribution in [0.1, 0.15) is 12.5 Å². The van der Waals surface area contributed by atoms with E-state index in [1.165, 1.54) is 7.11 Å². The Morgan fingerprint density at radius 3 is 2.63 bits per heavy atom. The Morgan fingerprint density at radius 2 is 2.11 bits per heavy atom. The van der Waals surface area contributed by atoms with E-state index in [-0.39, 0.29) is 12.6 Å². The van der Waals surface area contributed by atoms with Crippen molar-refractivity contribution in [3.05, 3.63) is 34.2 Å². The third-order valence-corrected chi connectivity index (χ3v) is 2.59. The highest BCUT2D eigenvalue weighted by molar-refractivity contribution is 5.13. The minimum Gasteiger partial charge on any atom is -0.383 e. The molecule has 0 amide bonds. The van der Waals surface area contributed by atoms with Crippen LogP contribution in [0, 0.1) is 0 Å². The van der Waals surface area contributed by atoms with Crippen molar-refractivity contribution in [2.24, 2.45) is 0 Å². The van der Waals surface area contributed by atoms with Crippen LogP contribution in [0.2, 0.25) is 0 Å². The molecule has 1 heterocycles. The second-order valence-electron chi connectivity index (χ2n) is 4.12. The summed E-state index contributed by atoms with van der Waals surface area (Å²) >= 11 is 0. The van der Waals surface area contributed by atoms with Crippen LogP contribution in [0.15, 0.2) is 23.1 Å². The third kappa shape index (κ3) is 4.68. The number of hydrogen-bond donors (Lipinski definition) is 1. The maximum atomic E-state index is 12.6. The van der Waals surface area contributed by atoms with Gasteiger partial charge < -0.3 is 14.6 Å². The quantitative estimate of drug-likeness (QED) is 0.857. The molecule has 1 aromatic rings. The minimum absolute atomic E-state index is 0.129. The van der Waals surface area contributed by atoms with Gasteiger partial charge in [-0.15, -0.1) is 0 Å². The van der Waals surface area contributed by atoms with Gasteiger partial charge in [0.1, 0.15) is 0 Å². The van der Waals surface area contributed by atoms with E-state index in [0.717, 1.165) is 22.9 Å². The summed E-state index contributed by atoms with van der Waals surface area (Å²) in [6.45, 7) is 2.96. The van der Waals surface area contributed by atoms with Gasteiger partial charge in [-0.3, -0.25) is 4.79 Å². The molecule has 1 N–H and O–H groups in total. The fourth-order valence-corrected chi connectivity index (χ4v) is 1.75. The molecule has 0 radical (unpaired) electrons. The molecule has 19 heavy (non-hydrogen) atoms. The van der Waals surface area contributed by atoms with Crippen LogP contribution in [-0.2, 0) is 17.5 Å². The molecule has 4 nitrogen and oxygen atoms in total. The molecule has 7 heteroatoms. The fraction of sp³-hybridized carbons (Fsp3) is 0.583. The van der Waals surface area contributed by atoms with Gasteiger partial charge in [0.15, 0.2) is 0 Å². The van der Waals surface area contributed by atoms with Crippen molar-refractivity contribution in [2.75, 3.05) is 20.3 Å². The van der Waals surface area contributed by atoms with Gasteiger partial charge in [-0.1, -0.05) is 6.92 Å². The minimum atomic E-state index is -4.45. The zero-order chi connectivity index (χ0) is 14.5. The summed E-state index contributed by atoms with van der Waals surface area (Å²) in [7, 11) is 1.50. The summed E-state index contributed by atoms with van der Waals surface area (Å²) in [4.78, 5) is 11.6. The summed E-state index contributed by atoms with van der Waals surface area (Å²) in [6, 6.07) is 1.51. The van der Waals surface area contributed by atoms with Crippen LogP contribution in [0.5, 0.6) is 0 Å². The number of nitrogens with zero attached hydrogens (tertiary/aromatic N) is 1. The molecule has 0 aromatic carbocycles. The van der Waals surface area contributed by atoms with E-state index in [0.29, 0.717) is 13.2 Å². The third-order valence-electron chi connectivity index (χ3n) is 2.59. The number of pyridine rings is 1. The lowest BCUT2D eigenvalue weighted by Gasteiger charge is -2.19. The van der Waals surface area contributed by atoms with Crippen molar-refractivity contribution in [1.29, 1.82) is 0 Å². The van der Waals surface area contributed by atoms with Gasteiger partial charge in [-0.2, -0.15) is 13.2 Å². The second kappa shape index (κ2) is 6.72. The molecule has 1 aromatic heterocycles. The molecule has 1 unspecified atom stereocenters. The molecular formula is C12H17F3N2O2.